The first-order chi connectivity index (χ1) is 5.52. The molecule has 0 amide bonds. The van der Waals surface area contributed by atoms with E-state index in [-0.39, 0.29) is 10.3 Å². The fourth-order valence-electron chi connectivity index (χ4n) is 0.648. The highest BCUT2D eigenvalue weighted by molar-refractivity contribution is 9.10. The molecule has 0 saturated heterocycles. The Bertz CT molecular complexity index is 280. The summed E-state index contributed by atoms with van der Waals surface area (Å²) in [4.78, 5) is 3.27. The third-order valence-electron chi connectivity index (χ3n) is 1.18. The zero-order valence-electron chi connectivity index (χ0n) is 5.69. The molecule has 0 bridgehead atoms. The average molecular weight is 241 g/mol. The topological polar surface area (TPSA) is 38.9 Å². The van der Waals surface area contributed by atoms with Crippen LogP contribution in [0.2, 0.25) is 0 Å². The van der Waals surface area contributed by atoms with Crippen molar-refractivity contribution < 1.29 is 13.2 Å². The first-order valence-electron chi connectivity index (χ1n) is 2.92. The lowest BCUT2D eigenvalue weighted by Crippen LogP contribution is -1.99. The van der Waals surface area contributed by atoms with Gasteiger partial charge in [0.25, 0.3) is 6.43 Å². The average Bonchev–Trinajstić information content (AvgIpc) is 1.99. The van der Waals surface area contributed by atoms with Crippen molar-refractivity contribution in [2.45, 2.75) is 6.43 Å². The molecular weight excluding hydrogens is 237 g/mol. The fourth-order valence-corrected chi connectivity index (χ4v) is 0.851. The van der Waals surface area contributed by atoms with Gasteiger partial charge >= 0.3 is 0 Å². The molecule has 0 fully saturated rings. The maximum absolute atomic E-state index is 12.7. The predicted octanol–water partition coefficient (Wildman–Crippen LogP) is 2.50. The van der Waals surface area contributed by atoms with Crippen LogP contribution in [0.5, 0.6) is 0 Å². The molecule has 66 valence electrons. The normalized spacial score (nSPS) is 10.8. The Morgan fingerprint density at radius 2 is 2.08 bits per heavy atom. The van der Waals surface area contributed by atoms with Crippen molar-refractivity contribution in [3.63, 3.8) is 0 Å². The van der Waals surface area contributed by atoms with Crippen LogP contribution in [0.25, 0.3) is 0 Å². The van der Waals surface area contributed by atoms with E-state index in [1.165, 1.54) is 0 Å². The monoisotopic (exact) mass is 240 g/mol. The highest BCUT2D eigenvalue weighted by Gasteiger charge is 2.14. The number of pyridine rings is 1. The van der Waals surface area contributed by atoms with Crippen LogP contribution in [0.1, 0.15) is 12.1 Å². The van der Waals surface area contributed by atoms with Crippen molar-refractivity contribution in [3.8, 4) is 0 Å². The van der Waals surface area contributed by atoms with E-state index >= 15 is 0 Å². The van der Waals surface area contributed by atoms with Gasteiger partial charge in [-0.1, -0.05) is 0 Å². The largest absolute Gasteiger partial charge is 0.383 e. The minimum absolute atomic E-state index is 0.0908. The molecular formula is C6H4BrF3N2. The number of rotatable bonds is 1. The molecule has 2 nitrogen and oxygen atoms in total. The van der Waals surface area contributed by atoms with Crippen molar-refractivity contribution in [3.05, 3.63) is 22.1 Å². The van der Waals surface area contributed by atoms with E-state index < -0.39 is 17.9 Å². The van der Waals surface area contributed by atoms with Gasteiger partial charge in [0.15, 0.2) is 0 Å². The third-order valence-corrected chi connectivity index (χ3v) is 1.97. The van der Waals surface area contributed by atoms with Crippen LogP contribution < -0.4 is 5.73 Å². The molecule has 12 heavy (non-hydrogen) atoms. The smallest absolute Gasteiger partial charge is 0.280 e. The molecule has 0 aliphatic carbocycles. The molecule has 0 aliphatic heterocycles. The van der Waals surface area contributed by atoms with Crippen molar-refractivity contribution in [1.82, 2.24) is 4.98 Å². The summed E-state index contributed by atoms with van der Waals surface area (Å²) >= 11 is 2.75. The summed E-state index contributed by atoms with van der Waals surface area (Å²) in [6, 6.07) is 0.644. The number of nitrogen functional groups attached to an aromatic ring is 1. The van der Waals surface area contributed by atoms with Crippen LogP contribution in [0.3, 0.4) is 0 Å². The Hall–Kier alpha value is -0.780. The second-order valence-electron chi connectivity index (χ2n) is 2.03. The minimum Gasteiger partial charge on any atom is -0.383 e. The van der Waals surface area contributed by atoms with E-state index in [0.717, 1.165) is 0 Å². The van der Waals surface area contributed by atoms with Crippen molar-refractivity contribution in [2.24, 2.45) is 0 Å². The standard InChI is InChI=1S/C6H4BrF3N2/c7-4-2(8)1-3(5(9)10)12-6(4)11/h1,5H,(H2,11,12). The quantitative estimate of drug-likeness (QED) is 0.820. The SMILES string of the molecule is Nc1nc(C(F)F)cc(F)c1Br. The van der Waals surface area contributed by atoms with Gasteiger partial charge in [-0.2, -0.15) is 0 Å². The van der Waals surface area contributed by atoms with Gasteiger partial charge in [-0.15, -0.1) is 0 Å². The predicted molar refractivity (Wildman–Crippen MR) is 41.3 cm³/mol. The van der Waals surface area contributed by atoms with Gasteiger partial charge in [0, 0.05) is 6.07 Å². The molecule has 0 radical (unpaired) electrons. The van der Waals surface area contributed by atoms with E-state index in [9.17, 15) is 13.2 Å². The summed E-state index contributed by atoms with van der Waals surface area (Å²) in [5.74, 6) is -1.11. The Morgan fingerprint density at radius 1 is 1.50 bits per heavy atom. The minimum atomic E-state index is -2.81. The van der Waals surface area contributed by atoms with Crippen molar-refractivity contribution in [2.75, 3.05) is 5.73 Å². The summed E-state index contributed by atoms with van der Waals surface area (Å²) in [5, 5.41) is 0. The lowest BCUT2D eigenvalue weighted by Gasteiger charge is -2.02. The number of aromatic nitrogens is 1. The molecule has 1 heterocycles. The van der Waals surface area contributed by atoms with Gasteiger partial charge in [-0.3, -0.25) is 0 Å². The van der Waals surface area contributed by atoms with Crippen LogP contribution in [-0.4, -0.2) is 4.98 Å². The highest BCUT2D eigenvalue weighted by Crippen LogP contribution is 2.25. The van der Waals surface area contributed by atoms with E-state index in [2.05, 4.69) is 20.9 Å². The summed E-state index contributed by atoms with van der Waals surface area (Å²) in [6.45, 7) is 0. The van der Waals surface area contributed by atoms with Crippen LogP contribution in [0.15, 0.2) is 10.5 Å². The molecule has 0 aromatic carbocycles. The van der Waals surface area contributed by atoms with Crippen molar-refractivity contribution >= 4 is 21.7 Å². The van der Waals surface area contributed by atoms with Crippen molar-refractivity contribution in [1.29, 1.82) is 0 Å². The van der Waals surface area contributed by atoms with Crippen LogP contribution in [0, 0.1) is 5.82 Å². The third kappa shape index (κ3) is 1.69. The number of hydrogen-bond donors (Lipinski definition) is 1. The van der Waals surface area contributed by atoms with Crippen LogP contribution in [0.4, 0.5) is 19.0 Å². The van der Waals surface area contributed by atoms with E-state index in [1.807, 2.05) is 0 Å². The lowest BCUT2D eigenvalue weighted by molar-refractivity contribution is 0.145. The first-order valence-corrected chi connectivity index (χ1v) is 3.71. The molecule has 6 heteroatoms. The molecule has 0 unspecified atom stereocenters. The van der Waals surface area contributed by atoms with Gasteiger partial charge in [0.05, 0.1) is 4.47 Å². The maximum Gasteiger partial charge on any atom is 0.280 e. The molecule has 0 saturated carbocycles. The summed E-state index contributed by atoms with van der Waals surface area (Å²) in [7, 11) is 0. The molecule has 0 atom stereocenters. The Balaban J connectivity index is 3.21. The number of nitrogens with two attached hydrogens (primary N) is 1. The lowest BCUT2D eigenvalue weighted by atomic mass is 10.3. The van der Waals surface area contributed by atoms with Gasteiger partial charge in [-0.05, 0) is 15.9 Å². The molecule has 1 aromatic rings. The highest BCUT2D eigenvalue weighted by atomic mass is 79.9. The van der Waals surface area contributed by atoms with E-state index in [4.69, 9.17) is 5.73 Å². The number of nitrogens with zero attached hydrogens (tertiary/aromatic N) is 1. The summed E-state index contributed by atoms with van der Waals surface area (Å²) in [5.41, 5.74) is 4.47. The van der Waals surface area contributed by atoms with Gasteiger partial charge < -0.3 is 5.73 Å². The number of hydrogen-bond acceptors (Lipinski definition) is 2. The Kier molecular flexibility index (Phi) is 2.56. The zero-order chi connectivity index (χ0) is 9.30. The van der Waals surface area contributed by atoms with E-state index in [0.29, 0.717) is 6.07 Å². The molecule has 0 spiro atoms. The van der Waals surface area contributed by atoms with Gasteiger partial charge in [0.2, 0.25) is 0 Å². The maximum atomic E-state index is 12.7. The van der Waals surface area contributed by atoms with Crippen LogP contribution in [-0.2, 0) is 0 Å². The number of alkyl halides is 2. The fraction of sp³-hybridized carbons (Fsp3) is 0.167. The van der Waals surface area contributed by atoms with E-state index in [1.54, 1.807) is 0 Å². The summed E-state index contributed by atoms with van der Waals surface area (Å²) < 4.78 is 36.5. The Labute approximate surface area is 74.7 Å². The number of halogens is 4. The second-order valence-corrected chi connectivity index (χ2v) is 2.82. The number of anilines is 1. The Morgan fingerprint density at radius 3 is 2.50 bits per heavy atom. The zero-order valence-corrected chi connectivity index (χ0v) is 7.28. The van der Waals surface area contributed by atoms with Crippen LogP contribution >= 0.6 is 15.9 Å². The summed E-state index contributed by atoms with van der Waals surface area (Å²) in [6.07, 6.45) is -2.81. The molecule has 0 aliphatic rings. The first kappa shape index (κ1) is 9.31. The van der Waals surface area contributed by atoms with Gasteiger partial charge in [0.1, 0.15) is 17.3 Å². The molecule has 1 aromatic heterocycles. The second kappa shape index (κ2) is 3.30. The molecule has 2 N–H and O–H groups in total. The molecule has 1 rings (SSSR count). The van der Waals surface area contributed by atoms with Gasteiger partial charge in [-0.25, -0.2) is 18.2 Å².